The highest BCUT2D eigenvalue weighted by Gasteiger charge is 2.60. The second kappa shape index (κ2) is 9.82. The summed E-state index contributed by atoms with van der Waals surface area (Å²) in [4.78, 5) is 13.9. The van der Waals surface area contributed by atoms with E-state index in [1.54, 1.807) is 0 Å². The zero-order chi connectivity index (χ0) is 24.9. The molecule has 35 heavy (non-hydrogen) atoms. The molecule has 0 aromatic heterocycles. The van der Waals surface area contributed by atoms with Crippen molar-refractivity contribution in [2.75, 3.05) is 7.05 Å². The fraction of sp³-hybridized carbons (Fsp3) is 0.774. The summed E-state index contributed by atoms with van der Waals surface area (Å²) in [6.07, 6.45) is 14.5. The first-order valence-electron chi connectivity index (χ1n) is 14.3. The number of fused-ring (bicyclic) bond motifs is 1. The highest BCUT2D eigenvalue weighted by molar-refractivity contribution is 5.85. The van der Waals surface area contributed by atoms with Crippen molar-refractivity contribution < 1.29 is 15.0 Å². The normalized spacial score (nSPS) is 46.3. The summed E-state index contributed by atoms with van der Waals surface area (Å²) in [5.41, 5.74) is 4.10. The summed E-state index contributed by atoms with van der Waals surface area (Å²) in [7, 11) is 1.92. The number of carbonyl (C=O) groups is 1. The number of aliphatic hydroxyl groups excluding tert-OH is 2. The molecule has 4 fully saturated rings. The van der Waals surface area contributed by atoms with Crippen molar-refractivity contribution in [3.63, 3.8) is 0 Å². The number of ketones is 1. The summed E-state index contributed by atoms with van der Waals surface area (Å²) < 4.78 is 0. The van der Waals surface area contributed by atoms with Gasteiger partial charge in [0.2, 0.25) is 0 Å². The minimum Gasteiger partial charge on any atom is -0.394 e. The lowest BCUT2D eigenvalue weighted by Gasteiger charge is -2.47. The van der Waals surface area contributed by atoms with Crippen LogP contribution in [0.4, 0.5) is 0 Å². The number of rotatable bonds is 4. The molecule has 4 nitrogen and oxygen atoms in total. The summed E-state index contributed by atoms with van der Waals surface area (Å²) in [5.74, 6) is 2.81. The predicted molar refractivity (Wildman–Crippen MR) is 140 cm³/mol. The van der Waals surface area contributed by atoms with Gasteiger partial charge in [0.15, 0.2) is 0 Å². The zero-order valence-electron chi connectivity index (χ0n) is 22.1. The first kappa shape index (κ1) is 25.3. The Morgan fingerprint density at radius 2 is 2.00 bits per heavy atom. The summed E-state index contributed by atoms with van der Waals surface area (Å²) >= 11 is 0. The van der Waals surface area contributed by atoms with Crippen LogP contribution < -0.4 is 5.32 Å². The summed E-state index contributed by atoms with van der Waals surface area (Å²) in [6, 6.07) is 0. The third kappa shape index (κ3) is 4.48. The maximum atomic E-state index is 13.9. The molecule has 0 amide bonds. The van der Waals surface area contributed by atoms with E-state index in [9.17, 15) is 15.0 Å². The number of Topliss-reactive ketones (excluding diaryl/α,β-unsaturated/α-hetero) is 1. The van der Waals surface area contributed by atoms with Crippen LogP contribution in [0, 0.1) is 46.8 Å². The van der Waals surface area contributed by atoms with Crippen LogP contribution in [-0.4, -0.2) is 35.3 Å². The highest BCUT2D eigenvalue weighted by atomic mass is 16.3. The third-order valence-corrected chi connectivity index (χ3v) is 11.0. The average Bonchev–Trinajstić information content (AvgIpc) is 2.94. The molecule has 0 spiro atoms. The second-order valence-corrected chi connectivity index (χ2v) is 13.0. The van der Waals surface area contributed by atoms with E-state index < -0.39 is 12.2 Å². The number of allylic oxidation sites excluding steroid dienone is 4. The van der Waals surface area contributed by atoms with E-state index >= 15 is 0 Å². The van der Waals surface area contributed by atoms with E-state index in [4.69, 9.17) is 0 Å². The largest absolute Gasteiger partial charge is 0.394 e. The fourth-order valence-electron chi connectivity index (χ4n) is 9.31. The Labute approximate surface area is 212 Å². The van der Waals surface area contributed by atoms with E-state index in [-0.39, 0.29) is 23.2 Å². The predicted octanol–water partition coefficient (Wildman–Crippen LogP) is 5.56. The van der Waals surface area contributed by atoms with Gasteiger partial charge in [0.05, 0.1) is 12.2 Å². The first-order valence-corrected chi connectivity index (χ1v) is 14.3. The molecular weight excluding hydrogens is 434 g/mol. The average molecular weight is 482 g/mol. The molecule has 5 aliphatic carbocycles. The Hall–Kier alpha value is -1.39. The van der Waals surface area contributed by atoms with Gasteiger partial charge in [-0.1, -0.05) is 36.3 Å². The number of hydrogen-bond acceptors (Lipinski definition) is 4. The maximum Gasteiger partial charge on any atom is 0.140 e. The molecule has 5 aliphatic rings. The molecule has 5 unspecified atom stereocenters. The molecule has 4 saturated carbocycles. The molecule has 0 radical (unpaired) electrons. The van der Waals surface area contributed by atoms with Gasteiger partial charge in [-0.3, -0.25) is 4.79 Å². The van der Waals surface area contributed by atoms with Gasteiger partial charge in [0.25, 0.3) is 0 Å². The second-order valence-electron chi connectivity index (χ2n) is 13.0. The molecule has 0 saturated heterocycles. The molecule has 0 aromatic carbocycles. The number of nitrogens with one attached hydrogen (secondary N) is 1. The first-order chi connectivity index (χ1) is 16.7. The van der Waals surface area contributed by atoms with Crippen molar-refractivity contribution in [1.82, 2.24) is 5.32 Å². The lowest BCUT2D eigenvalue weighted by molar-refractivity contribution is -0.127. The van der Waals surface area contributed by atoms with Crippen molar-refractivity contribution in [1.29, 1.82) is 0 Å². The number of hydrogen-bond donors (Lipinski definition) is 3. The maximum absolute atomic E-state index is 13.9. The summed E-state index contributed by atoms with van der Waals surface area (Å²) in [5, 5.41) is 24.8. The molecule has 5 rings (SSSR count). The standard InChI is InChI=1S/C31H47NO3/c1-18(17-32-4)13-22-6-5-19(2)24-9-7-21(14-26(24)29(22)34)23-8-10-25-20(3)11-12-31(15-23)16-27(33)30(35)28(25)31/h7,17,20,22-28,30,32-33,35H,2,5-6,8-16H2,1,3-4H3/b18-17+/t20?,22?,23-,24?,25-,26?,27+,28-,30?,31-/m1/s1. The number of aliphatic hydroxyl groups is 2. The Bertz CT molecular complexity index is 905. The number of carbonyl (C=O) groups excluding carboxylic acids is 1. The topological polar surface area (TPSA) is 69.6 Å². The van der Waals surface area contributed by atoms with Crippen molar-refractivity contribution in [2.45, 2.75) is 96.7 Å². The lowest BCUT2D eigenvalue weighted by Crippen LogP contribution is -2.43. The van der Waals surface area contributed by atoms with Gasteiger partial charge in [-0.15, -0.1) is 0 Å². The van der Waals surface area contributed by atoms with E-state index in [0.29, 0.717) is 29.5 Å². The smallest absolute Gasteiger partial charge is 0.140 e. The highest BCUT2D eigenvalue weighted by Crippen LogP contribution is 2.63. The SMILES string of the molecule is C=C1CCC(C/C(C)=C/NC)C(=O)C2CC([C@@H]3CC[C@@H]4C(C)CC[C@@]5(C3)C[C@H](O)C(O)[C@@H]45)=CCC12. The molecule has 0 heterocycles. The van der Waals surface area contributed by atoms with Crippen molar-refractivity contribution in [3.8, 4) is 0 Å². The van der Waals surface area contributed by atoms with Crippen LogP contribution >= 0.6 is 0 Å². The molecular formula is C31H47NO3. The van der Waals surface area contributed by atoms with Crippen LogP contribution in [0.3, 0.4) is 0 Å². The molecule has 3 N–H and O–H groups in total. The van der Waals surface area contributed by atoms with Crippen LogP contribution in [0.15, 0.2) is 35.6 Å². The van der Waals surface area contributed by atoms with Crippen LogP contribution in [-0.2, 0) is 4.79 Å². The van der Waals surface area contributed by atoms with Crippen LogP contribution in [0.5, 0.6) is 0 Å². The van der Waals surface area contributed by atoms with E-state index in [2.05, 4.69) is 31.8 Å². The minimum absolute atomic E-state index is 0.0729. The van der Waals surface area contributed by atoms with Crippen molar-refractivity contribution in [2.24, 2.45) is 46.8 Å². The molecule has 4 heteroatoms. The van der Waals surface area contributed by atoms with Crippen LogP contribution in [0.25, 0.3) is 0 Å². The quantitative estimate of drug-likeness (QED) is 0.460. The fourth-order valence-corrected chi connectivity index (χ4v) is 9.31. The lowest BCUT2D eigenvalue weighted by atomic mass is 9.58. The van der Waals surface area contributed by atoms with Gasteiger partial charge >= 0.3 is 0 Å². The molecule has 0 aromatic rings. The van der Waals surface area contributed by atoms with E-state index in [0.717, 1.165) is 57.8 Å². The van der Waals surface area contributed by atoms with Gasteiger partial charge in [-0.05, 0) is 119 Å². The third-order valence-electron chi connectivity index (χ3n) is 11.0. The molecule has 194 valence electrons. The van der Waals surface area contributed by atoms with Gasteiger partial charge in [-0.25, -0.2) is 0 Å². The molecule has 10 atom stereocenters. The van der Waals surface area contributed by atoms with Gasteiger partial charge in [0, 0.05) is 18.9 Å². The minimum atomic E-state index is -0.572. The molecule has 2 bridgehead atoms. The Balaban J connectivity index is 1.38. The Kier molecular flexibility index (Phi) is 7.09. The monoisotopic (exact) mass is 481 g/mol. The van der Waals surface area contributed by atoms with Crippen LogP contribution in [0.1, 0.15) is 84.5 Å². The van der Waals surface area contributed by atoms with Gasteiger partial charge in [0.1, 0.15) is 5.78 Å². The van der Waals surface area contributed by atoms with E-state index in [1.165, 1.54) is 29.6 Å². The Morgan fingerprint density at radius 3 is 2.77 bits per heavy atom. The Morgan fingerprint density at radius 1 is 1.20 bits per heavy atom. The van der Waals surface area contributed by atoms with Gasteiger partial charge in [-0.2, -0.15) is 0 Å². The van der Waals surface area contributed by atoms with Crippen LogP contribution in [0.2, 0.25) is 0 Å². The van der Waals surface area contributed by atoms with Crippen molar-refractivity contribution in [3.05, 3.63) is 35.6 Å². The zero-order valence-corrected chi connectivity index (χ0v) is 22.1. The van der Waals surface area contributed by atoms with Gasteiger partial charge < -0.3 is 15.5 Å². The van der Waals surface area contributed by atoms with E-state index in [1.807, 2.05) is 13.2 Å². The summed E-state index contributed by atoms with van der Waals surface area (Å²) in [6.45, 7) is 8.92. The van der Waals surface area contributed by atoms with Crippen molar-refractivity contribution >= 4 is 5.78 Å². The molecule has 0 aliphatic heterocycles.